The maximum absolute atomic E-state index is 12.6. The van der Waals surface area contributed by atoms with E-state index in [4.69, 9.17) is 0 Å². The van der Waals surface area contributed by atoms with Crippen molar-refractivity contribution in [1.29, 1.82) is 0 Å². The monoisotopic (exact) mass is 360 g/mol. The molecule has 0 aliphatic heterocycles. The summed E-state index contributed by atoms with van der Waals surface area (Å²) in [6.07, 6.45) is 3.78. The molecule has 2 heterocycles. The summed E-state index contributed by atoms with van der Waals surface area (Å²) >= 11 is 0. The van der Waals surface area contributed by atoms with E-state index in [1.165, 1.54) is 5.56 Å². The highest BCUT2D eigenvalue weighted by Crippen LogP contribution is 2.11. The minimum atomic E-state index is -0.0264. The molecule has 0 radical (unpaired) electrons. The molecule has 136 valence electrons. The highest BCUT2D eigenvalue weighted by molar-refractivity contribution is 5.79. The van der Waals surface area contributed by atoms with Gasteiger partial charge in [0.15, 0.2) is 0 Å². The first-order chi connectivity index (χ1) is 13.2. The molecule has 27 heavy (non-hydrogen) atoms. The van der Waals surface area contributed by atoms with Crippen molar-refractivity contribution in [3.05, 3.63) is 78.1 Å². The number of carbonyl (C=O) groups excluding carboxylic acids is 1. The Kier molecular flexibility index (Phi) is 4.65. The highest BCUT2D eigenvalue weighted by Gasteiger charge is 2.14. The van der Waals surface area contributed by atoms with Gasteiger partial charge in [0.1, 0.15) is 12.1 Å². The summed E-state index contributed by atoms with van der Waals surface area (Å²) in [6.45, 7) is 1.37. The summed E-state index contributed by atoms with van der Waals surface area (Å²) in [5.74, 6) is -0.0264. The summed E-state index contributed by atoms with van der Waals surface area (Å²) in [6, 6.07) is 17.8. The van der Waals surface area contributed by atoms with Gasteiger partial charge in [0.25, 0.3) is 0 Å². The van der Waals surface area contributed by atoms with Crippen LogP contribution >= 0.6 is 0 Å². The normalized spacial score (nSPS) is 11.0. The minimum Gasteiger partial charge on any atom is -0.340 e. The second-order valence-corrected chi connectivity index (χ2v) is 6.52. The number of fused-ring (bicyclic) bond motifs is 1. The van der Waals surface area contributed by atoms with Crippen molar-refractivity contribution in [2.45, 2.75) is 19.6 Å². The van der Waals surface area contributed by atoms with Gasteiger partial charge in [0, 0.05) is 25.4 Å². The van der Waals surface area contributed by atoms with Crippen LogP contribution in [0.15, 0.2) is 67.0 Å². The van der Waals surface area contributed by atoms with Gasteiger partial charge in [0.2, 0.25) is 5.91 Å². The second kappa shape index (κ2) is 7.41. The van der Waals surface area contributed by atoms with E-state index in [0.29, 0.717) is 13.1 Å². The fraction of sp³-hybridized carbons (Fsp3) is 0.200. The number of carbonyl (C=O) groups is 1. The lowest BCUT2D eigenvalue weighted by molar-refractivity contribution is -0.131. The van der Waals surface area contributed by atoms with Crippen LogP contribution < -0.4 is 0 Å². The fourth-order valence-corrected chi connectivity index (χ4v) is 2.99. The molecule has 0 fully saturated rings. The SMILES string of the molecule is CN(Cc1cnn(Cc2ccccc2)c1)C(=O)Cn1nnc2ccccc21. The molecule has 0 unspecified atom stereocenters. The van der Waals surface area contributed by atoms with E-state index in [9.17, 15) is 4.79 Å². The first kappa shape index (κ1) is 17.0. The van der Waals surface area contributed by atoms with Gasteiger partial charge in [-0.3, -0.25) is 9.48 Å². The highest BCUT2D eigenvalue weighted by atomic mass is 16.2. The van der Waals surface area contributed by atoms with E-state index in [-0.39, 0.29) is 12.5 Å². The first-order valence-corrected chi connectivity index (χ1v) is 8.76. The summed E-state index contributed by atoms with van der Waals surface area (Å²) in [5.41, 5.74) is 3.82. The van der Waals surface area contributed by atoms with Crippen molar-refractivity contribution in [3.63, 3.8) is 0 Å². The predicted molar refractivity (Wildman–Crippen MR) is 102 cm³/mol. The smallest absolute Gasteiger partial charge is 0.244 e. The molecule has 0 saturated heterocycles. The molecule has 4 rings (SSSR count). The summed E-state index contributed by atoms with van der Waals surface area (Å²) < 4.78 is 3.51. The van der Waals surface area contributed by atoms with Crippen molar-refractivity contribution >= 4 is 16.9 Å². The van der Waals surface area contributed by atoms with Crippen molar-refractivity contribution in [2.24, 2.45) is 0 Å². The minimum absolute atomic E-state index is 0.0264. The molecule has 0 spiro atoms. The van der Waals surface area contributed by atoms with Gasteiger partial charge in [-0.05, 0) is 17.7 Å². The van der Waals surface area contributed by atoms with E-state index in [1.807, 2.05) is 53.3 Å². The summed E-state index contributed by atoms with van der Waals surface area (Å²) in [4.78, 5) is 14.2. The van der Waals surface area contributed by atoms with E-state index in [2.05, 4.69) is 27.5 Å². The third-order valence-corrected chi connectivity index (χ3v) is 4.42. The molecule has 0 bridgehead atoms. The Balaban J connectivity index is 1.38. The van der Waals surface area contributed by atoms with Crippen LogP contribution in [0.2, 0.25) is 0 Å². The maximum Gasteiger partial charge on any atom is 0.244 e. The van der Waals surface area contributed by atoms with Gasteiger partial charge in [0.05, 0.1) is 18.3 Å². The lowest BCUT2D eigenvalue weighted by atomic mass is 10.2. The van der Waals surface area contributed by atoms with E-state index < -0.39 is 0 Å². The fourth-order valence-electron chi connectivity index (χ4n) is 2.99. The zero-order valence-corrected chi connectivity index (χ0v) is 15.1. The van der Waals surface area contributed by atoms with Crippen LogP contribution in [0.1, 0.15) is 11.1 Å². The molecule has 7 heteroatoms. The second-order valence-electron chi connectivity index (χ2n) is 6.52. The number of nitrogens with zero attached hydrogens (tertiary/aromatic N) is 6. The van der Waals surface area contributed by atoms with Crippen LogP contribution in [0.25, 0.3) is 11.0 Å². The topological polar surface area (TPSA) is 68.8 Å². The molecule has 0 saturated carbocycles. The van der Waals surface area contributed by atoms with Crippen molar-refractivity contribution in [3.8, 4) is 0 Å². The maximum atomic E-state index is 12.6. The number of hydrogen-bond acceptors (Lipinski definition) is 4. The number of benzene rings is 2. The molecule has 0 aliphatic rings. The Morgan fingerprint density at radius 3 is 2.67 bits per heavy atom. The van der Waals surface area contributed by atoms with Gasteiger partial charge < -0.3 is 4.90 Å². The molecular weight excluding hydrogens is 340 g/mol. The number of likely N-dealkylation sites (N-methyl/N-ethyl adjacent to an activating group) is 1. The van der Waals surface area contributed by atoms with Crippen molar-refractivity contribution in [1.82, 2.24) is 29.7 Å². The average Bonchev–Trinajstić information content (AvgIpc) is 3.30. The molecule has 2 aromatic heterocycles. The predicted octanol–water partition coefficient (Wildman–Crippen LogP) is 2.33. The molecule has 4 aromatic rings. The number of amides is 1. The molecule has 7 nitrogen and oxygen atoms in total. The van der Waals surface area contributed by atoms with Crippen LogP contribution in [0.4, 0.5) is 0 Å². The van der Waals surface area contributed by atoms with Gasteiger partial charge in [-0.1, -0.05) is 47.7 Å². The third kappa shape index (κ3) is 3.87. The van der Waals surface area contributed by atoms with Crippen molar-refractivity contribution < 1.29 is 4.79 Å². The van der Waals surface area contributed by atoms with Gasteiger partial charge >= 0.3 is 0 Å². The zero-order chi connectivity index (χ0) is 18.6. The Bertz CT molecular complexity index is 1050. The van der Waals surface area contributed by atoms with Gasteiger partial charge in [-0.2, -0.15) is 5.10 Å². The number of rotatable bonds is 6. The van der Waals surface area contributed by atoms with Crippen LogP contribution in [0, 0.1) is 0 Å². The standard InChI is InChI=1S/C20H20N6O/c1-24(20(27)15-26-19-10-6-5-9-18(19)22-23-26)12-17-11-21-25(14-17)13-16-7-3-2-4-8-16/h2-11,14H,12-13,15H2,1H3. The van der Waals surface area contributed by atoms with Gasteiger partial charge in [-0.15, -0.1) is 5.10 Å². The van der Waals surface area contributed by atoms with E-state index in [0.717, 1.165) is 16.6 Å². The Morgan fingerprint density at radius 1 is 1.04 bits per heavy atom. The quantitative estimate of drug-likeness (QED) is 0.529. The molecule has 1 amide bonds. The summed E-state index contributed by atoms with van der Waals surface area (Å²) in [5, 5.41) is 12.6. The Labute approximate surface area is 156 Å². The van der Waals surface area contributed by atoms with Crippen LogP contribution in [0.5, 0.6) is 0 Å². The third-order valence-electron chi connectivity index (χ3n) is 4.42. The molecule has 2 aromatic carbocycles. The van der Waals surface area contributed by atoms with Crippen LogP contribution in [-0.2, 0) is 24.4 Å². The lowest BCUT2D eigenvalue weighted by Crippen LogP contribution is -2.30. The van der Waals surface area contributed by atoms with Gasteiger partial charge in [-0.25, -0.2) is 4.68 Å². The van der Waals surface area contributed by atoms with Crippen LogP contribution in [-0.4, -0.2) is 42.6 Å². The first-order valence-electron chi connectivity index (χ1n) is 8.76. The number of aromatic nitrogens is 5. The number of para-hydroxylation sites is 1. The zero-order valence-electron chi connectivity index (χ0n) is 15.1. The molecule has 0 N–H and O–H groups in total. The van der Waals surface area contributed by atoms with E-state index >= 15 is 0 Å². The summed E-state index contributed by atoms with van der Waals surface area (Å²) in [7, 11) is 1.79. The molecular formula is C20H20N6O. The van der Waals surface area contributed by atoms with Crippen molar-refractivity contribution in [2.75, 3.05) is 7.05 Å². The Hall–Kier alpha value is -3.48. The molecule has 0 aliphatic carbocycles. The molecule has 0 atom stereocenters. The average molecular weight is 360 g/mol. The van der Waals surface area contributed by atoms with Crippen LogP contribution in [0.3, 0.4) is 0 Å². The lowest BCUT2D eigenvalue weighted by Gasteiger charge is -2.16. The number of hydrogen-bond donors (Lipinski definition) is 0. The Morgan fingerprint density at radius 2 is 1.81 bits per heavy atom. The largest absolute Gasteiger partial charge is 0.340 e. The van der Waals surface area contributed by atoms with E-state index in [1.54, 1.807) is 22.8 Å².